The van der Waals surface area contributed by atoms with E-state index in [-0.39, 0.29) is 0 Å². The number of carboxylic acids is 1. The summed E-state index contributed by atoms with van der Waals surface area (Å²) in [7, 11) is 0. The van der Waals surface area contributed by atoms with E-state index < -0.39 is 11.4 Å². The maximum atomic E-state index is 11.1. The lowest BCUT2D eigenvalue weighted by Gasteiger charge is -2.25. The Morgan fingerprint density at radius 2 is 2.21 bits per heavy atom. The molecule has 0 aliphatic heterocycles. The highest BCUT2D eigenvalue weighted by atomic mass is 16.4. The molecular formula is C9H15N3O2. The fourth-order valence-electron chi connectivity index (χ4n) is 1.51. The smallest absolute Gasteiger partial charge is 0.310 e. The second-order valence-corrected chi connectivity index (χ2v) is 3.40. The van der Waals surface area contributed by atoms with Crippen molar-refractivity contribution >= 4 is 5.97 Å². The van der Waals surface area contributed by atoms with Gasteiger partial charge in [0.15, 0.2) is 0 Å². The third-order valence-corrected chi connectivity index (χ3v) is 2.78. The van der Waals surface area contributed by atoms with E-state index in [1.807, 2.05) is 13.8 Å². The largest absolute Gasteiger partial charge is 0.481 e. The average molecular weight is 197 g/mol. The molecule has 5 nitrogen and oxygen atoms in total. The quantitative estimate of drug-likeness (QED) is 0.744. The molecule has 1 rings (SSSR count). The zero-order chi connectivity index (χ0) is 10.6. The first kappa shape index (κ1) is 10.7. The van der Waals surface area contributed by atoms with E-state index in [1.165, 1.54) is 6.33 Å². The Hall–Kier alpha value is -1.39. The van der Waals surface area contributed by atoms with Crippen LogP contribution in [0.15, 0.2) is 6.33 Å². The summed E-state index contributed by atoms with van der Waals surface area (Å²) in [5.41, 5.74) is -0.709. The molecule has 0 atom stereocenters. The lowest BCUT2D eigenvalue weighted by atomic mass is 9.79. The van der Waals surface area contributed by atoms with Gasteiger partial charge in [-0.3, -0.25) is 9.89 Å². The SMILES string of the molecule is CCC(CC)(Cc1ncn[nH]1)C(=O)O. The molecular weight excluding hydrogens is 182 g/mol. The zero-order valence-corrected chi connectivity index (χ0v) is 8.45. The van der Waals surface area contributed by atoms with Crippen LogP contribution in [-0.4, -0.2) is 26.3 Å². The highest BCUT2D eigenvalue weighted by Gasteiger charge is 2.35. The molecule has 1 aromatic rings. The molecule has 0 fully saturated rings. The van der Waals surface area contributed by atoms with Crippen LogP contribution in [0, 0.1) is 5.41 Å². The predicted octanol–water partition coefficient (Wildman–Crippen LogP) is 1.24. The minimum absolute atomic E-state index is 0.412. The molecule has 0 bridgehead atoms. The number of carbonyl (C=O) groups is 1. The fraction of sp³-hybridized carbons (Fsp3) is 0.667. The number of aromatic nitrogens is 3. The van der Waals surface area contributed by atoms with Gasteiger partial charge >= 0.3 is 5.97 Å². The number of nitrogens with one attached hydrogen (secondary N) is 1. The minimum Gasteiger partial charge on any atom is -0.481 e. The van der Waals surface area contributed by atoms with E-state index >= 15 is 0 Å². The Kier molecular flexibility index (Phi) is 3.22. The maximum absolute atomic E-state index is 11.1. The van der Waals surface area contributed by atoms with Crippen LogP contribution < -0.4 is 0 Å². The van der Waals surface area contributed by atoms with Crippen LogP contribution in [0.25, 0.3) is 0 Å². The standard InChI is InChI=1S/C9H15N3O2/c1-3-9(4-2,8(13)14)5-7-10-6-11-12-7/h6H,3-5H2,1-2H3,(H,13,14)(H,10,11,12). The third kappa shape index (κ3) is 1.92. The maximum Gasteiger partial charge on any atom is 0.310 e. The molecule has 5 heteroatoms. The topological polar surface area (TPSA) is 78.9 Å². The Balaban J connectivity index is 2.83. The van der Waals surface area contributed by atoms with Gasteiger partial charge in [0.1, 0.15) is 12.2 Å². The number of H-pyrrole nitrogens is 1. The number of nitrogens with zero attached hydrogens (tertiary/aromatic N) is 2. The van der Waals surface area contributed by atoms with Gasteiger partial charge in [0.2, 0.25) is 0 Å². The van der Waals surface area contributed by atoms with Gasteiger partial charge in [0.05, 0.1) is 5.41 Å². The first-order valence-corrected chi connectivity index (χ1v) is 4.72. The number of aliphatic carboxylic acids is 1. The molecule has 0 aliphatic carbocycles. The second-order valence-electron chi connectivity index (χ2n) is 3.40. The zero-order valence-electron chi connectivity index (χ0n) is 8.45. The van der Waals surface area contributed by atoms with E-state index in [2.05, 4.69) is 15.2 Å². The molecule has 0 amide bonds. The third-order valence-electron chi connectivity index (χ3n) is 2.78. The van der Waals surface area contributed by atoms with E-state index in [0.29, 0.717) is 25.1 Å². The van der Waals surface area contributed by atoms with Crippen LogP contribution in [-0.2, 0) is 11.2 Å². The molecule has 1 heterocycles. The van der Waals surface area contributed by atoms with Crippen molar-refractivity contribution in [2.24, 2.45) is 5.41 Å². The van der Waals surface area contributed by atoms with Crippen molar-refractivity contribution in [3.63, 3.8) is 0 Å². The van der Waals surface area contributed by atoms with E-state index in [9.17, 15) is 4.79 Å². The predicted molar refractivity (Wildman–Crippen MR) is 50.7 cm³/mol. The van der Waals surface area contributed by atoms with Gasteiger partial charge in [0, 0.05) is 6.42 Å². The number of hydrogen-bond acceptors (Lipinski definition) is 3. The van der Waals surface area contributed by atoms with Gasteiger partial charge in [-0.2, -0.15) is 5.10 Å². The monoisotopic (exact) mass is 197 g/mol. The van der Waals surface area contributed by atoms with Gasteiger partial charge in [-0.05, 0) is 12.8 Å². The van der Waals surface area contributed by atoms with Crippen molar-refractivity contribution in [1.29, 1.82) is 0 Å². The first-order chi connectivity index (χ1) is 6.64. The molecule has 14 heavy (non-hydrogen) atoms. The second kappa shape index (κ2) is 4.21. The summed E-state index contributed by atoms with van der Waals surface area (Å²) in [6.07, 6.45) is 3.00. The molecule has 0 saturated carbocycles. The van der Waals surface area contributed by atoms with Crippen molar-refractivity contribution < 1.29 is 9.90 Å². The highest BCUT2D eigenvalue weighted by Crippen LogP contribution is 2.29. The molecule has 0 aliphatic rings. The lowest BCUT2D eigenvalue weighted by Crippen LogP contribution is -2.32. The minimum atomic E-state index is -0.765. The van der Waals surface area contributed by atoms with Crippen molar-refractivity contribution in [3.8, 4) is 0 Å². The van der Waals surface area contributed by atoms with E-state index in [0.717, 1.165) is 0 Å². The van der Waals surface area contributed by atoms with E-state index in [1.54, 1.807) is 0 Å². The van der Waals surface area contributed by atoms with Crippen molar-refractivity contribution in [1.82, 2.24) is 15.2 Å². The van der Waals surface area contributed by atoms with Crippen molar-refractivity contribution in [3.05, 3.63) is 12.2 Å². The van der Waals surface area contributed by atoms with Crippen LogP contribution in [0.4, 0.5) is 0 Å². The number of rotatable bonds is 5. The molecule has 0 aromatic carbocycles. The van der Waals surface area contributed by atoms with Gasteiger partial charge in [0.25, 0.3) is 0 Å². The van der Waals surface area contributed by atoms with Crippen LogP contribution in [0.2, 0.25) is 0 Å². The first-order valence-electron chi connectivity index (χ1n) is 4.72. The van der Waals surface area contributed by atoms with Gasteiger partial charge in [-0.25, -0.2) is 4.98 Å². The molecule has 0 radical (unpaired) electrons. The van der Waals surface area contributed by atoms with E-state index in [4.69, 9.17) is 5.11 Å². The molecule has 78 valence electrons. The summed E-state index contributed by atoms with van der Waals surface area (Å²) >= 11 is 0. The Bertz CT molecular complexity index is 291. The van der Waals surface area contributed by atoms with Gasteiger partial charge in [-0.15, -0.1) is 0 Å². The van der Waals surface area contributed by atoms with Gasteiger partial charge < -0.3 is 5.11 Å². The summed E-state index contributed by atoms with van der Waals surface area (Å²) in [6, 6.07) is 0. The molecule has 2 N–H and O–H groups in total. The van der Waals surface area contributed by atoms with Crippen LogP contribution >= 0.6 is 0 Å². The Labute approximate surface area is 82.6 Å². The Morgan fingerprint density at radius 3 is 2.57 bits per heavy atom. The summed E-state index contributed by atoms with van der Waals surface area (Å²) in [5.74, 6) is -0.130. The molecule has 0 unspecified atom stereocenters. The summed E-state index contributed by atoms with van der Waals surface area (Å²) < 4.78 is 0. The summed E-state index contributed by atoms with van der Waals surface area (Å²) in [5, 5.41) is 15.6. The van der Waals surface area contributed by atoms with Crippen LogP contribution in [0.5, 0.6) is 0 Å². The Morgan fingerprint density at radius 1 is 1.57 bits per heavy atom. The van der Waals surface area contributed by atoms with Crippen LogP contribution in [0.1, 0.15) is 32.5 Å². The van der Waals surface area contributed by atoms with Crippen molar-refractivity contribution in [2.45, 2.75) is 33.1 Å². The highest BCUT2D eigenvalue weighted by molar-refractivity contribution is 5.74. The molecule has 1 aromatic heterocycles. The number of aromatic amines is 1. The average Bonchev–Trinajstić information content (AvgIpc) is 2.66. The lowest BCUT2D eigenvalue weighted by molar-refractivity contribution is -0.149. The van der Waals surface area contributed by atoms with Gasteiger partial charge in [-0.1, -0.05) is 13.8 Å². The molecule has 0 saturated heterocycles. The summed E-state index contributed by atoms with van der Waals surface area (Å²) in [6.45, 7) is 3.77. The number of hydrogen-bond donors (Lipinski definition) is 2. The summed E-state index contributed by atoms with van der Waals surface area (Å²) in [4.78, 5) is 15.1. The normalized spacial score (nSPS) is 11.6. The van der Waals surface area contributed by atoms with Crippen molar-refractivity contribution in [2.75, 3.05) is 0 Å². The molecule has 0 spiro atoms. The fourth-order valence-corrected chi connectivity index (χ4v) is 1.51. The number of carboxylic acid groups (broad SMARTS) is 1. The van der Waals surface area contributed by atoms with Crippen LogP contribution in [0.3, 0.4) is 0 Å².